The van der Waals surface area contributed by atoms with Gasteiger partial charge in [-0.05, 0) is 106 Å². The third-order valence-corrected chi connectivity index (χ3v) is 14.2. The average Bonchev–Trinajstić information content (AvgIpc) is 3.79. The largest absolute Gasteiger partial charge is 0.375 e. The number of piperazine rings is 1. The Morgan fingerprint density at radius 2 is 1.63 bits per heavy atom. The molecule has 5 aromatic rings. The van der Waals surface area contributed by atoms with Crippen molar-refractivity contribution in [2.75, 3.05) is 55.6 Å². The van der Waals surface area contributed by atoms with E-state index >= 15 is 0 Å². The van der Waals surface area contributed by atoms with E-state index in [0.717, 1.165) is 136 Å². The van der Waals surface area contributed by atoms with E-state index in [1.54, 1.807) is 17.9 Å². The number of ether oxygens (including phenoxy) is 1. The van der Waals surface area contributed by atoms with Crippen LogP contribution in [-0.2, 0) is 26.8 Å². The van der Waals surface area contributed by atoms with E-state index in [1.165, 1.54) is 17.4 Å². The number of carbonyl (C=O) groups is 2. The Kier molecular flexibility index (Phi) is 10.2. The summed E-state index contributed by atoms with van der Waals surface area (Å²) in [4.78, 5) is 54.2. The van der Waals surface area contributed by atoms with E-state index < -0.39 is 11.9 Å². The van der Waals surface area contributed by atoms with E-state index in [4.69, 9.17) is 4.74 Å². The second-order valence-corrected chi connectivity index (χ2v) is 17.7. The maximum atomic E-state index is 13.2. The number of amides is 2. The van der Waals surface area contributed by atoms with E-state index in [1.807, 2.05) is 18.2 Å². The second kappa shape index (κ2) is 15.8. The lowest BCUT2D eigenvalue weighted by atomic mass is 9.65. The molecule has 15 heteroatoms. The Balaban J connectivity index is 0.682. The first-order valence-corrected chi connectivity index (χ1v) is 21.9. The number of aromatic amines is 1. The minimum Gasteiger partial charge on any atom is -0.375 e. The molecular weight excluding hydrogens is 759 g/mol. The van der Waals surface area contributed by atoms with Gasteiger partial charge in [-0.15, -0.1) is 0 Å². The molecule has 1 unspecified atom stereocenters. The number of piperidine rings is 2. The molecule has 15 nitrogen and oxygen atoms in total. The summed E-state index contributed by atoms with van der Waals surface area (Å²) < 4.78 is 9.86. The molecule has 2 N–H and O–H groups in total. The van der Waals surface area contributed by atoms with Gasteiger partial charge in [-0.25, -0.2) is 14.8 Å². The maximum absolute atomic E-state index is 13.2. The Hall–Kier alpha value is -5.59. The number of hydrogen-bond donors (Lipinski definition) is 2. The van der Waals surface area contributed by atoms with Crippen LogP contribution < -0.4 is 20.8 Å². The molecule has 3 saturated heterocycles. The molecule has 10 rings (SSSR count). The molecule has 2 amide bonds. The average molecular weight is 812 g/mol. The molecule has 60 heavy (non-hydrogen) atoms. The van der Waals surface area contributed by atoms with Crippen LogP contribution in [0.5, 0.6) is 0 Å². The molecule has 6 heterocycles. The lowest BCUT2D eigenvalue weighted by Crippen LogP contribution is -2.48. The van der Waals surface area contributed by atoms with Gasteiger partial charge in [-0.3, -0.25) is 34.0 Å². The van der Waals surface area contributed by atoms with Crippen molar-refractivity contribution in [1.82, 2.24) is 39.5 Å². The Morgan fingerprint density at radius 1 is 0.850 bits per heavy atom. The summed E-state index contributed by atoms with van der Waals surface area (Å²) in [5, 5.41) is 21.1. The summed E-state index contributed by atoms with van der Waals surface area (Å²) >= 11 is 0. The molecule has 5 aliphatic rings. The van der Waals surface area contributed by atoms with Crippen LogP contribution in [0.1, 0.15) is 82.2 Å². The lowest BCUT2D eigenvalue weighted by Gasteiger charge is -2.39. The summed E-state index contributed by atoms with van der Waals surface area (Å²) in [6.07, 6.45) is 12.2. The molecule has 312 valence electrons. The van der Waals surface area contributed by atoms with Crippen LogP contribution in [0, 0.1) is 17.2 Å². The Bertz CT molecular complexity index is 2520. The van der Waals surface area contributed by atoms with Crippen molar-refractivity contribution in [3.05, 3.63) is 64.8 Å². The van der Waals surface area contributed by atoms with Gasteiger partial charge in [0, 0.05) is 76.4 Å². The van der Waals surface area contributed by atoms with Crippen molar-refractivity contribution < 1.29 is 14.3 Å². The van der Waals surface area contributed by atoms with Crippen molar-refractivity contribution in [2.45, 2.75) is 94.3 Å². The fraction of sp³-hybridized carbons (Fsp3) is 0.533. The van der Waals surface area contributed by atoms with Crippen molar-refractivity contribution >= 4 is 45.3 Å². The van der Waals surface area contributed by atoms with Crippen LogP contribution in [0.4, 0.5) is 11.5 Å². The number of nitrogens with zero attached hydrogens (tertiary/aromatic N) is 9. The van der Waals surface area contributed by atoms with Crippen molar-refractivity contribution in [1.29, 1.82) is 5.26 Å². The van der Waals surface area contributed by atoms with E-state index in [-0.39, 0.29) is 29.5 Å². The number of anilines is 2. The molecular formula is C45H53N11O4. The number of imide groups is 1. The van der Waals surface area contributed by atoms with Gasteiger partial charge in [0.05, 0.1) is 45.9 Å². The molecule has 0 spiro atoms. The quantitative estimate of drug-likeness (QED) is 0.193. The number of hydrogen-bond acceptors (Lipinski definition) is 11. The highest BCUT2D eigenvalue weighted by molar-refractivity contribution is 6.00. The molecule has 2 saturated carbocycles. The summed E-state index contributed by atoms with van der Waals surface area (Å²) in [6, 6.07) is 16.2. The third-order valence-electron chi connectivity index (χ3n) is 14.2. The van der Waals surface area contributed by atoms with Crippen LogP contribution in [0.2, 0.25) is 0 Å². The standard InChI is InChI=1S/C45H53N11O4/c1-52-39-24-31(6-10-37(39)56(44(52)59)38-11-12-41(57)49-43(38)58)54-17-13-33(14-18-54)60-32-7-3-29(4-8-32)26-53-19-21-55(22-20-53)40-25-36(47-28-48-40)42-34-23-30(5-9-35(34)50-51-42)45(27-46)15-2-16-45/h5-6,9-10,23-25,28-29,32-33,38H,2-4,7-8,11-22,26H2,1H3,(H,50,51)(H,49,57,58). The molecule has 2 aromatic carbocycles. The molecule has 2 aliphatic carbocycles. The highest BCUT2D eigenvalue weighted by Crippen LogP contribution is 2.44. The number of aryl methyl sites for hydroxylation is 1. The monoisotopic (exact) mass is 811 g/mol. The predicted molar refractivity (Wildman–Crippen MR) is 228 cm³/mol. The number of H-pyrrole nitrogens is 1. The maximum Gasteiger partial charge on any atom is 0.329 e. The van der Waals surface area contributed by atoms with Gasteiger partial charge in [-0.2, -0.15) is 10.4 Å². The topological polar surface area (TPSA) is 170 Å². The first kappa shape index (κ1) is 38.6. The predicted octanol–water partition coefficient (Wildman–Crippen LogP) is 4.96. The summed E-state index contributed by atoms with van der Waals surface area (Å²) in [6.45, 7) is 6.77. The number of carbonyl (C=O) groups excluding carboxylic acids is 2. The van der Waals surface area contributed by atoms with E-state index in [2.05, 4.69) is 70.5 Å². The molecule has 3 aromatic heterocycles. The summed E-state index contributed by atoms with van der Waals surface area (Å²) in [5.41, 5.74) is 5.55. The van der Waals surface area contributed by atoms with Crippen LogP contribution in [0.3, 0.4) is 0 Å². The van der Waals surface area contributed by atoms with Crippen molar-refractivity contribution in [3.63, 3.8) is 0 Å². The van der Waals surface area contributed by atoms with Crippen LogP contribution in [0.15, 0.2) is 53.6 Å². The number of aromatic nitrogens is 6. The van der Waals surface area contributed by atoms with Crippen molar-refractivity contribution in [3.8, 4) is 17.5 Å². The first-order chi connectivity index (χ1) is 29.2. The summed E-state index contributed by atoms with van der Waals surface area (Å²) in [5.74, 6) is 0.913. The van der Waals surface area contributed by atoms with Crippen LogP contribution >= 0.6 is 0 Å². The highest BCUT2D eigenvalue weighted by Gasteiger charge is 2.39. The molecule has 5 fully saturated rings. The van der Waals surface area contributed by atoms with Crippen molar-refractivity contribution in [2.24, 2.45) is 13.0 Å². The van der Waals surface area contributed by atoms with Crippen LogP contribution in [-0.4, -0.2) is 104 Å². The number of rotatable bonds is 9. The van der Waals surface area contributed by atoms with Gasteiger partial charge in [0.2, 0.25) is 11.8 Å². The smallest absolute Gasteiger partial charge is 0.329 e. The zero-order valence-electron chi connectivity index (χ0n) is 34.3. The zero-order valence-corrected chi connectivity index (χ0v) is 34.3. The minimum atomic E-state index is -0.683. The van der Waals surface area contributed by atoms with E-state index in [9.17, 15) is 19.6 Å². The fourth-order valence-corrected chi connectivity index (χ4v) is 10.4. The second-order valence-electron chi connectivity index (χ2n) is 17.7. The van der Waals surface area contributed by atoms with Gasteiger partial charge in [-0.1, -0.05) is 6.07 Å². The number of benzene rings is 2. The number of imidazole rings is 1. The Morgan fingerprint density at radius 3 is 2.37 bits per heavy atom. The van der Waals surface area contributed by atoms with Gasteiger partial charge >= 0.3 is 5.69 Å². The SMILES string of the molecule is Cn1c(=O)n(C2CCC(=O)NC2=O)c2ccc(N3CCC(OC4CCC(CN5CCN(c6cc(-c7n[nH]c8ccc(C9(C#N)CCC9)cc78)ncn6)CC5)CC4)CC3)cc21. The first-order valence-electron chi connectivity index (χ1n) is 21.9. The molecule has 1 atom stereocenters. The third kappa shape index (κ3) is 7.13. The van der Waals surface area contributed by atoms with Crippen LogP contribution in [0.25, 0.3) is 33.3 Å². The van der Waals surface area contributed by atoms with Gasteiger partial charge in [0.15, 0.2) is 0 Å². The minimum absolute atomic E-state index is 0.225. The molecule has 0 bridgehead atoms. The van der Waals surface area contributed by atoms with E-state index in [0.29, 0.717) is 24.0 Å². The number of nitrogens with one attached hydrogen (secondary N) is 2. The lowest BCUT2D eigenvalue weighted by molar-refractivity contribution is -0.135. The fourth-order valence-electron chi connectivity index (χ4n) is 10.4. The Labute approximate surface area is 348 Å². The zero-order chi connectivity index (χ0) is 41.0. The normalized spacial score (nSPS) is 24.1. The highest BCUT2D eigenvalue weighted by atomic mass is 16.5. The van der Waals surface area contributed by atoms with Gasteiger partial charge in [0.25, 0.3) is 0 Å². The number of fused-ring (bicyclic) bond motifs is 2. The number of nitriles is 1. The van der Waals surface area contributed by atoms with Gasteiger partial charge < -0.3 is 14.5 Å². The summed E-state index contributed by atoms with van der Waals surface area (Å²) in [7, 11) is 1.74. The molecule has 3 aliphatic heterocycles. The molecule has 0 radical (unpaired) electrons. The van der Waals surface area contributed by atoms with Gasteiger partial charge in [0.1, 0.15) is 23.9 Å².